The molecular weight excluding hydrogens is 600 g/mol. The first-order chi connectivity index (χ1) is 21.2. The highest BCUT2D eigenvalue weighted by atomic mass is 35.5. The van der Waals surface area contributed by atoms with Crippen LogP contribution in [-0.4, -0.2) is 30.4 Å². The number of allylic oxidation sites excluding steroid dienone is 1. The van der Waals surface area contributed by atoms with E-state index < -0.39 is 12.0 Å². The van der Waals surface area contributed by atoms with Gasteiger partial charge in [0.05, 0.1) is 41.7 Å². The van der Waals surface area contributed by atoms with Gasteiger partial charge in [-0.05, 0) is 86.9 Å². The predicted octanol–water partition coefficient (Wildman–Crippen LogP) is 5.83. The van der Waals surface area contributed by atoms with Crippen LogP contribution in [0.4, 0.5) is 0 Å². The number of halogens is 1. The Labute approximate surface area is 264 Å². The van der Waals surface area contributed by atoms with Gasteiger partial charge in [-0.3, -0.25) is 9.36 Å². The number of carbonyl (C=O) groups is 1. The van der Waals surface area contributed by atoms with Crippen molar-refractivity contribution >= 4 is 35.0 Å². The van der Waals surface area contributed by atoms with E-state index in [2.05, 4.69) is 4.99 Å². The van der Waals surface area contributed by atoms with Crippen molar-refractivity contribution < 1.29 is 23.7 Å². The lowest BCUT2D eigenvalue weighted by molar-refractivity contribution is -0.139. The quantitative estimate of drug-likeness (QED) is 0.205. The maximum Gasteiger partial charge on any atom is 0.338 e. The molecule has 0 unspecified atom stereocenters. The monoisotopic (exact) mass is 632 g/mol. The van der Waals surface area contributed by atoms with Crippen LogP contribution in [0, 0.1) is 0 Å². The van der Waals surface area contributed by atoms with E-state index >= 15 is 0 Å². The van der Waals surface area contributed by atoms with E-state index in [0.717, 1.165) is 16.7 Å². The SMILES string of the molecule is CCOC(=O)C1=C(C)N=c2s/c(=C\c3ccc(OCc4ccc(Cl)cc4)c(OC)c3)c(=O)n2[C@H]1c1ccc(OC(C)C)cc1. The molecule has 1 aliphatic heterocycles. The van der Waals surface area contributed by atoms with Crippen LogP contribution in [0.5, 0.6) is 17.2 Å². The molecule has 0 amide bonds. The number of thiazole rings is 1. The molecule has 2 heterocycles. The molecule has 4 aromatic rings. The smallest absolute Gasteiger partial charge is 0.338 e. The van der Waals surface area contributed by atoms with Crippen molar-refractivity contribution in [1.29, 1.82) is 0 Å². The van der Waals surface area contributed by atoms with Crippen LogP contribution in [-0.2, 0) is 16.1 Å². The maximum atomic E-state index is 14.0. The molecule has 10 heteroatoms. The summed E-state index contributed by atoms with van der Waals surface area (Å²) in [7, 11) is 1.57. The van der Waals surface area contributed by atoms with Crippen LogP contribution in [0.25, 0.3) is 6.08 Å². The molecule has 0 fully saturated rings. The third kappa shape index (κ3) is 6.74. The third-order valence-electron chi connectivity index (χ3n) is 6.88. The average Bonchev–Trinajstić information content (AvgIpc) is 3.30. The molecule has 0 saturated carbocycles. The summed E-state index contributed by atoms with van der Waals surface area (Å²) in [4.78, 5) is 32.3. The Morgan fingerprint density at radius 2 is 1.80 bits per heavy atom. The molecule has 1 atom stereocenters. The van der Waals surface area contributed by atoms with Crippen LogP contribution in [0.15, 0.2) is 87.8 Å². The second-order valence-corrected chi connectivity index (χ2v) is 11.8. The minimum absolute atomic E-state index is 0.0125. The lowest BCUT2D eigenvalue weighted by Crippen LogP contribution is -2.39. The van der Waals surface area contributed by atoms with Gasteiger partial charge in [0.25, 0.3) is 5.56 Å². The number of hydrogen-bond acceptors (Lipinski definition) is 8. The Morgan fingerprint density at radius 1 is 1.07 bits per heavy atom. The van der Waals surface area contributed by atoms with E-state index in [1.54, 1.807) is 31.6 Å². The molecule has 1 aromatic heterocycles. The van der Waals surface area contributed by atoms with Gasteiger partial charge in [-0.15, -0.1) is 0 Å². The molecular formula is C34H33ClN2O6S. The van der Waals surface area contributed by atoms with Gasteiger partial charge in [-0.2, -0.15) is 0 Å². The second kappa shape index (κ2) is 13.5. The van der Waals surface area contributed by atoms with Crippen molar-refractivity contribution in [3.05, 3.63) is 119 Å². The van der Waals surface area contributed by atoms with Gasteiger partial charge in [0.15, 0.2) is 16.3 Å². The van der Waals surface area contributed by atoms with E-state index in [0.29, 0.717) is 49.5 Å². The molecule has 0 spiro atoms. The summed E-state index contributed by atoms with van der Waals surface area (Å²) in [6.45, 7) is 7.97. The van der Waals surface area contributed by atoms with Crippen molar-refractivity contribution in [2.75, 3.05) is 13.7 Å². The van der Waals surface area contributed by atoms with Crippen molar-refractivity contribution in [3.63, 3.8) is 0 Å². The third-order valence-corrected chi connectivity index (χ3v) is 8.11. The second-order valence-electron chi connectivity index (χ2n) is 10.4. The normalized spacial score (nSPS) is 14.7. The number of fused-ring (bicyclic) bond motifs is 1. The zero-order valence-corrected chi connectivity index (χ0v) is 26.7. The summed E-state index contributed by atoms with van der Waals surface area (Å²) in [5, 5.41) is 0.661. The van der Waals surface area contributed by atoms with Crippen LogP contribution in [0.3, 0.4) is 0 Å². The lowest BCUT2D eigenvalue weighted by Gasteiger charge is -2.25. The van der Waals surface area contributed by atoms with Crippen molar-refractivity contribution in [3.8, 4) is 17.2 Å². The molecule has 228 valence electrons. The first-order valence-electron chi connectivity index (χ1n) is 14.2. The first kappa shape index (κ1) is 31.1. The Hall–Kier alpha value is -4.34. The number of methoxy groups -OCH3 is 1. The minimum atomic E-state index is -0.710. The Bertz CT molecular complexity index is 1870. The molecule has 0 aliphatic carbocycles. The number of ether oxygens (including phenoxy) is 4. The van der Waals surface area contributed by atoms with Gasteiger partial charge in [0, 0.05) is 5.02 Å². The zero-order chi connectivity index (χ0) is 31.4. The first-order valence-corrected chi connectivity index (χ1v) is 15.4. The van der Waals surface area contributed by atoms with Crippen LogP contribution in [0.1, 0.15) is 50.4 Å². The molecule has 44 heavy (non-hydrogen) atoms. The number of hydrogen-bond donors (Lipinski definition) is 0. The molecule has 1 aliphatic rings. The van der Waals surface area contributed by atoms with Crippen molar-refractivity contribution in [2.24, 2.45) is 4.99 Å². The van der Waals surface area contributed by atoms with E-state index in [1.165, 1.54) is 11.3 Å². The number of rotatable bonds is 10. The highest BCUT2D eigenvalue weighted by molar-refractivity contribution is 7.07. The highest BCUT2D eigenvalue weighted by Gasteiger charge is 2.33. The largest absolute Gasteiger partial charge is 0.493 e. The standard InChI is InChI=1S/C34H33ClN2O6S/c1-6-41-33(39)30-21(4)36-34-37(31(30)24-10-14-26(15-11-24)43-20(2)3)32(38)29(44-34)18-23-9-16-27(28(17-23)40-5)42-19-22-7-12-25(35)13-8-22/h7-18,20,31H,6,19H2,1-5H3/b29-18-/t31-/m0/s1. The van der Waals surface area contributed by atoms with Gasteiger partial charge < -0.3 is 18.9 Å². The van der Waals surface area contributed by atoms with Gasteiger partial charge >= 0.3 is 5.97 Å². The molecule has 0 saturated heterocycles. The minimum Gasteiger partial charge on any atom is -0.493 e. The fourth-order valence-electron chi connectivity index (χ4n) is 4.89. The fourth-order valence-corrected chi connectivity index (χ4v) is 6.07. The number of esters is 1. The lowest BCUT2D eigenvalue weighted by atomic mass is 9.96. The molecule has 0 radical (unpaired) electrons. The molecule has 0 N–H and O–H groups in total. The Kier molecular flexibility index (Phi) is 9.56. The van der Waals surface area contributed by atoms with E-state index in [-0.39, 0.29) is 18.3 Å². The Morgan fingerprint density at radius 3 is 2.45 bits per heavy atom. The highest BCUT2D eigenvalue weighted by Crippen LogP contribution is 2.32. The van der Waals surface area contributed by atoms with E-state index in [9.17, 15) is 9.59 Å². The molecule has 0 bridgehead atoms. The van der Waals surface area contributed by atoms with Gasteiger partial charge in [-0.25, -0.2) is 9.79 Å². The maximum absolute atomic E-state index is 14.0. The molecule has 3 aromatic carbocycles. The molecule has 8 nitrogen and oxygen atoms in total. The summed E-state index contributed by atoms with van der Waals surface area (Å²) < 4.78 is 24.8. The molecule has 5 rings (SSSR count). The van der Waals surface area contributed by atoms with E-state index in [1.807, 2.05) is 80.6 Å². The van der Waals surface area contributed by atoms with Gasteiger partial charge in [0.1, 0.15) is 12.4 Å². The van der Waals surface area contributed by atoms with Crippen LogP contribution < -0.4 is 29.1 Å². The van der Waals surface area contributed by atoms with E-state index in [4.69, 9.17) is 30.5 Å². The van der Waals surface area contributed by atoms with Gasteiger partial charge in [-0.1, -0.05) is 53.3 Å². The van der Waals surface area contributed by atoms with Crippen LogP contribution in [0.2, 0.25) is 5.02 Å². The summed E-state index contributed by atoms with van der Waals surface area (Å²) in [5.41, 5.74) is 3.03. The summed E-state index contributed by atoms with van der Waals surface area (Å²) in [5.74, 6) is 1.29. The summed E-state index contributed by atoms with van der Waals surface area (Å²) >= 11 is 7.24. The zero-order valence-electron chi connectivity index (χ0n) is 25.1. The summed E-state index contributed by atoms with van der Waals surface area (Å²) in [6, 6.07) is 19.6. The predicted molar refractivity (Wildman–Crippen MR) is 171 cm³/mol. The number of nitrogens with zero attached hydrogens (tertiary/aromatic N) is 2. The average molecular weight is 633 g/mol. The van der Waals surface area contributed by atoms with Gasteiger partial charge in [0.2, 0.25) is 0 Å². The number of benzene rings is 3. The van der Waals surface area contributed by atoms with Crippen molar-refractivity contribution in [1.82, 2.24) is 4.57 Å². The topological polar surface area (TPSA) is 88.4 Å². The van der Waals surface area contributed by atoms with Crippen LogP contribution >= 0.6 is 22.9 Å². The van der Waals surface area contributed by atoms with Crippen molar-refractivity contribution in [2.45, 2.75) is 46.4 Å². The number of aromatic nitrogens is 1. The number of carbonyl (C=O) groups excluding carboxylic acids is 1. The Balaban J connectivity index is 1.53. The fraction of sp³-hybridized carbons (Fsp3) is 0.265. The summed E-state index contributed by atoms with van der Waals surface area (Å²) in [6.07, 6.45) is 1.80.